The van der Waals surface area contributed by atoms with Gasteiger partial charge in [0.15, 0.2) is 0 Å². The Hall–Kier alpha value is -1.75. The average molecular weight is 365 g/mol. The molecule has 2 fully saturated rings. The summed E-state index contributed by atoms with van der Waals surface area (Å²) in [5.74, 6) is 1.03. The number of amides is 2. The number of carbonyl (C=O) groups excluding carboxylic acids is 2. The first kappa shape index (κ1) is 18.1. The molecule has 6 heteroatoms. The van der Waals surface area contributed by atoms with E-state index in [0.717, 1.165) is 37.8 Å². The average Bonchev–Trinajstić information content (AvgIpc) is 2.80. The number of hydrogen-bond donors (Lipinski definition) is 0. The van der Waals surface area contributed by atoms with E-state index in [2.05, 4.69) is 0 Å². The van der Waals surface area contributed by atoms with Crippen molar-refractivity contribution in [1.82, 2.24) is 9.80 Å². The van der Waals surface area contributed by atoms with Crippen molar-refractivity contribution in [3.8, 4) is 5.75 Å². The summed E-state index contributed by atoms with van der Waals surface area (Å²) in [5, 5.41) is 0.438. The zero-order valence-corrected chi connectivity index (χ0v) is 15.6. The van der Waals surface area contributed by atoms with Gasteiger partial charge >= 0.3 is 0 Å². The Balaban J connectivity index is 1.69. The van der Waals surface area contributed by atoms with Crippen molar-refractivity contribution >= 4 is 23.4 Å². The minimum Gasteiger partial charge on any atom is -0.495 e. The molecular formula is C19H25ClN2O3. The maximum Gasteiger partial charge on any atom is 0.254 e. The van der Waals surface area contributed by atoms with Gasteiger partial charge in [0.25, 0.3) is 5.91 Å². The molecular weight excluding hydrogens is 340 g/mol. The van der Waals surface area contributed by atoms with Gasteiger partial charge in [0, 0.05) is 37.7 Å². The summed E-state index contributed by atoms with van der Waals surface area (Å²) in [6.07, 6.45) is 4.00. The summed E-state index contributed by atoms with van der Waals surface area (Å²) in [6.45, 7) is 4.47. The van der Waals surface area contributed by atoms with Crippen molar-refractivity contribution in [2.75, 3.05) is 33.3 Å². The van der Waals surface area contributed by atoms with E-state index in [9.17, 15) is 9.59 Å². The third-order valence-corrected chi connectivity index (χ3v) is 5.57. The Bertz CT molecular complexity index is 673. The minimum atomic E-state index is -0.0278. The number of methoxy groups -OCH3 is 1. The van der Waals surface area contributed by atoms with E-state index in [1.54, 1.807) is 19.2 Å². The van der Waals surface area contributed by atoms with E-state index in [1.165, 1.54) is 0 Å². The molecule has 1 aromatic rings. The first-order valence-corrected chi connectivity index (χ1v) is 9.31. The summed E-state index contributed by atoms with van der Waals surface area (Å²) >= 11 is 6.19. The maximum absolute atomic E-state index is 12.9. The molecule has 1 aliphatic carbocycles. The molecule has 1 saturated heterocycles. The van der Waals surface area contributed by atoms with Gasteiger partial charge in [0.05, 0.1) is 12.1 Å². The molecule has 0 radical (unpaired) electrons. The maximum atomic E-state index is 12.9. The van der Waals surface area contributed by atoms with Crippen LogP contribution in [0.3, 0.4) is 0 Å². The molecule has 1 saturated carbocycles. The largest absolute Gasteiger partial charge is 0.495 e. The molecule has 25 heavy (non-hydrogen) atoms. The Morgan fingerprint density at radius 2 is 1.76 bits per heavy atom. The van der Waals surface area contributed by atoms with Crippen LogP contribution in [-0.2, 0) is 4.79 Å². The summed E-state index contributed by atoms with van der Waals surface area (Å²) < 4.78 is 5.20. The van der Waals surface area contributed by atoms with E-state index in [4.69, 9.17) is 16.3 Å². The van der Waals surface area contributed by atoms with E-state index in [0.29, 0.717) is 36.0 Å². The predicted molar refractivity (Wildman–Crippen MR) is 97.2 cm³/mol. The SMILES string of the molecule is COc1cc(C)c(C(=O)N2CCCN(C(=O)C3CCC3)CC2)cc1Cl. The van der Waals surface area contributed by atoms with E-state index < -0.39 is 0 Å². The second-order valence-electron chi connectivity index (χ2n) is 6.90. The second kappa shape index (κ2) is 7.65. The van der Waals surface area contributed by atoms with Crippen molar-refractivity contribution < 1.29 is 14.3 Å². The van der Waals surface area contributed by atoms with Crippen LogP contribution < -0.4 is 4.74 Å². The fourth-order valence-electron chi connectivity index (χ4n) is 3.47. The van der Waals surface area contributed by atoms with Crippen LogP contribution in [-0.4, -0.2) is 54.9 Å². The monoisotopic (exact) mass is 364 g/mol. The number of hydrogen-bond acceptors (Lipinski definition) is 3. The molecule has 1 aliphatic heterocycles. The zero-order valence-electron chi connectivity index (χ0n) is 14.9. The third-order valence-electron chi connectivity index (χ3n) is 5.28. The van der Waals surface area contributed by atoms with Gasteiger partial charge in [-0.25, -0.2) is 0 Å². The number of halogens is 1. The molecule has 0 unspecified atom stereocenters. The lowest BCUT2D eigenvalue weighted by Crippen LogP contribution is -2.41. The highest BCUT2D eigenvalue weighted by atomic mass is 35.5. The van der Waals surface area contributed by atoms with Gasteiger partial charge in [0.1, 0.15) is 5.75 Å². The van der Waals surface area contributed by atoms with Gasteiger partial charge in [-0.2, -0.15) is 0 Å². The highest BCUT2D eigenvalue weighted by molar-refractivity contribution is 6.32. The molecule has 2 aliphatic rings. The Morgan fingerprint density at radius 1 is 1.08 bits per heavy atom. The lowest BCUT2D eigenvalue weighted by Gasteiger charge is -2.31. The zero-order chi connectivity index (χ0) is 18.0. The normalized spacial score (nSPS) is 18.5. The molecule has 136 valence electrons. The van der Waals surface area contributed by atoms with Gasteiger partial charge in [-0.05, 0) is 43.9 Å². The van der Waals surface area contributed by atoms with Gasteiger partial charge in [-0.15, -0.1) is 0 Å². The van der Waals surface area contributed by atoms with E-state index in [1.807, 2.05) is 16.7 Å². The number of ether oxygens (including phenoxy) is 1. The molecule has 0 aromatic heterocycles. The Morgan fingerprint density at radius 3 is 2.40 bits per heavy atom. The van der Waals surface area contributed by atoms with Crippen molar-refractivity contribution in [3.63, 3.8) is 0 Å². The van der Waals surface area contributed by atoms with Gasteiger partial charge in [0.2, 0.25) is 5.91 Å². The van der Waals surface area contributed by atoms with Crippen LogP contribution in [0.2, 0.25) is 5.02 Å². The van der Waals surface area contributed by atoms with Gasteiger partial charge < -0.3 is 14.5 Å². The lowest BCUT2D eigenvalue weighted by atomic mass is 9.84. The van der Waals surface area contributed by atoms with Crippen molar-refractivity contribution in [1.29, 1.82) is 0 Å². The fourth-order valence-corrected chi connectivity index (χ4v) is 3.71. The first-order chi connectivity index (χ1) is 12.0. The summed E-state index contributed by atoms with van der Waals surface area (Å²) in [7, 11) is 1.56. The van der Waals surface area contributed by atoms with Crippen LogP contribution in [0.4, 0.5) is 0 Å². The molecule has 3 rings (SSSR count). The molecule has 1 heterocycles. The smallest absolute Gasteiger partial charge is 0.254 e. The van der Waals surface area contributed by atoms with E-state index >= 15 is 0 Å². The summed E-state index contributed by atoms with van der Waals surface area (Å²) in [5.41, 5.74) is 1.45. The molecule has 5 nitrogen and oxygen atoms in total. The molecule has 0 atom stereocenters. The summed E-state index contributed by atoms with van der Waals surface area (Å²) in [6, 6.07) is 3.47. The number of rotatable bonds is 3. The fraction of sp³-hybridized carbons (Fsp3) is 0.579. The lowest BCUT2D eigenvalue weighted by molar-refractivity contribution is -0.138. The van der Waals surface area contributed by atoms with Gasteiger partial charge in [-0.3, -0.25) is 9.59 Å². The predicted octanol–water partition coefficient (Wildman–Crippen LogP) is 3.13. The number of carbonyl (C=O) groups is 2. The molecule has 1 aromatic carbocycles. The number of benzene rings is 1. The molecule has 0 bridgehead atoms. The summed E-state index contributed by atoms with van der Waals surface area (Å²) in [4.78, 5) is 29.1. The second-order valence-corrected chi connectivity index (χ2v) is 7.31. The van der Waals surface area contributed by atoms with Crippen molar-refractivity contribution in [2.45, 2.75) is 32.6 Å². The Labute approximate surface area is 153 Å². The van der Waals surface area contributed by atoms with Crippen LogP contribution in [0.1, 0.15) is 41.6 Å². The van der Waals surface area contributed by atoms with Gasteiger partial charge in [-0.1, -0.05) is 18.0 Å². The molecule has 0 spiro atoms. The van der Waals surface area contributed by atoms with Crippen LogP contribution in [0, 0.1) is 12.8 Å². The van der Waals surface area contributed by atoms with E-state index in [-0.39, 0.29) is 17.7 Å². The number of aryl methyl sites for hydroxylation is 1. The first-order valence-electron chi connectivity index (χ1n) is 8.93. The number of nitrogens with zero attached hydrogens (tertiary/aromatic N) is 2. The molecule has 0 N–H and O–H groups in total. The van der Waals surface area contributed by atoms with Crippen molar-refractivity contribution in [3.05, 3.63) is 28.3 Å². The third kappa shape index (κ3) is 3.76. The van der Waals surface area contributed by atoms with Crippen LogP contribution >= 0.6 is 11.6 Å². The Kier molecular flexibility index (Phi) is 5.52. The highest BCUT2D eigenvalue weighted by Gasteiger charge is 2.31. The van der Waals surface area contributed by atoms with Crippen LogP contribution in [0.15, 0.2) is 12.1 Å². The highest BCUT2D eigenvalue weighted by Crippen LogP contribution is 2.30. The quantitative estimate of drug-likeness (QED) is 0.827. The molecule has 2 amide bonds. The topological polar surface area (TPSA) is 49.9 Å². The standard InChI is InChI=1S/C19H25ClN2O3/c1-13-11-17(25-2)16(20)12-15(13)19(24)22-8-4-7-21(9-10-22)18(23)14-5-3-6-14/h11-12,14H,3-10H2,1-2H3. The van der Waals surface area contributed by atoms with Crippen LogP contribution in [0.25, 0.3) is 0 Å². The minimum absolute atomic E-state index is 0.0278. The van der Waals surface area contributed by atoms with Crippen molar-refractivity contribution in [2.24, 2.45) is 5.92 Å². The van der Waals surface area contributed by atoms with Crippen LogP contribution in [0.5, 0.6) is 5.75 Å².